The van der Waals surface area contributed by atoms with Crippen LogP contribution >= 0.6 is 23.2 Å². The number of aryl methyl sites for hydroxylation is 1. The normalized spacial score (nSPS) is 30.6. The van der Waals surface area contributed by atoms with E-state index < -0.39 is 0 Å². The standard InChI is InChI=1S/C22H24Cl2N2O2/c1-12-2-3-16-17(23)7-18(24)21(20(16)25-12)28-11-19(27)26-22-8-13-4-14(9-22)6-15(5-13)10-22/h2-3,7,13-15H,4-6,8-11H2,1H3,(H,26,27). The van der Waals surface area contributed by atoms with Crippen LogP contribution < -0.4 is 10.1 Å². The Labute approximate surface area is 174 Å². The molecule has 6 heteroatoms. The van der Waals surface area contributed by atoms with Crippen molar-refractivity contribution >= 4 is 40.0 Å². The first-order chi connectivity index (χ1) is 13.4. The quantitative estimate of drug-likeness (QED) is 0.731. The van der Waals surface area contributed by atoms with Crippen molar-refractivity contribution in [1.29, 1.82) is 0 Å². The summed E-state index contributed by atoms with van der Waals surface area (Å²) in [6.45, 7) is 1.84. The lowest BCUT2D eigenvalue weighted by Crippen LogP contribution is -2.60. The van der Waals surface area contributed by atoms with Gasteiger partial charge in [0.15, 0.2) is 12.4 Å². The molecule has 1 aromatic heterocycles. The fraction of sp³-hybridized carbons (Fsp3) is 0.545. The predicted octanol–water partition coefficient (Wildman–Crippen LogP) is 5.31. The van der Waals surface area contributed by atoms with Crippen LogP contribution in [0.2, 0.25) is 10.0 Å². The second kappa shape index (κ2) is 6.77. The number of nitrogens with zero attached hydrogens (tertiary/aromatic N) is 1. The van der Waals surface area contributed by atoms with Crippen LogP contribution in [0.3, 0.4) is 0 Å². The average molecular weight is 419 g/mol. The highest BCUT2D eigenvalue weighted by Crippen LogP contribution is 2.55. The molecule has 4 nitrogen and oxygen atoms in total. The van der Waals surface area contributed by atoms with Crippen molar-refractivity contribution in [3.8, 4) is 5.75 Å². The van der Waals surface area contributed by atoms with E-state index in [4.69, 9.17) is 27.9 Å². The molecule has 6 rings (SSSR count). The number of rotatable bonds is 4. The SMILES string of the molecule is Cc1ccc2c(Cl)cc(Cl)c(OCC(=O)NC34CC5CC(CC(C5)C3)C4)c2n1. The largest absolute Gasteiger partial charge is 0.480 e. The highest BCUT2D eigenvalue weighted by molar-refractivity contribution is 6.39. The lowest BCUT2D eigenvalue weighted by Gasteiger charge is -2.56. The van der Waals surface area contributed by atoms with Crippen LogP contribution in [0.15, 0.2) is 18.2 Å². The smallest absolute Gasteiger partial charge is 0.258 e. The van der Waals surface area contributed by atoms with Gasteiger partial charge in [0, 0.05) is 16.6 Å². The zero-order chi connectivity index (χ0) is 19.5. The maximum Gasteiger partial charge on any atom is 0.258 e. The van der Waals surface area contributed by atoms with Crippen molar-refractivity contribution in [2.45, 2.75) is 51.0 Å². The van der Waals surface area contributed by atoms with Gasteiger partial charge in [-0.05, 0) is 81.4 Å². The molecule has 4 aliphatic carbocycles. The fourth-order valence-corrected chi connectivity index (χ4v) is 6.73. The van der Waals surface area contributed by atoms with E-state index in [9.17, 15) is 4.79 Å². The maximum absolute atomic E-state index is 12.8. The van der Waals surface area contributed by atoms with Crippen LogP contribution in [0.4, 0.5) is 0 Å². The van der Waals surface area contributed by atoms with Crippen LogP contribution in [-0.4, -0.2) is 23.0 Å². The molecule has 4 bridgehead atoms. The molecule has 1 amide bonds. The van der Waals surface area contributed by atoms with Gasteiger partial charge in [0.25, 0.3) is 5.91 Å². The van der Waals surface area contributed by atoms with Gasteiger partial charge < -0.3 is 10.1 Å². The molecule has 0 aliphatic heterocycles. The molecule has 28 heavy (non-hydrogen) atoms. The summed E-state index contributed by atoms with van der Waals surface area (Å²) in [5, 5.41) is 5.00. The Morgan fingerprint density at radius 1 is 1.14 bits per heavy atom. The molecule has 0 atom stereocenters. The van der Waals surface area contributed by atoms with Crippen molar-refractivity contribution in [2.75, 3.05) is 6.61 Å². The Hall–Kier alpha value is -1.52. The number of halogens is 2. The molecule has 1 aromatic carbocycles. The summed E-state index contributed by atoms with van der Waals surface area (Å²) in [5.74, 6) is 2.71. The van der Waals surface area contributed by atoms with Gasteiger partial charge in [-0.1, -0.05) is 23.2 Å². The number of benzene rings is 1. The average Bonchev–Trinajstić information content (AvgIpc) is 2.59. The van der Waals surface area contributed by atoms with Gasteiger partial charge in [-0.3, -0.25) is 4.79 Å². The fourth-order valence-electron chi connectivity index (χ4n) is 6.16. The van der Waals surface area contributed by atoms with Crippen LogP contribution in [-0.2, 0) is 4.79 Å². The molecule has 0 radical (unpaired) electrons. The Bertz CT molecular complexity index is 924. The van der Waals surface area contributed by atoms with Crippen LogP contribution in [0, 0.1) is 24.7 Å². The Morgan fingerprint density at radius 3 is 2.43 bits per heavy atom. The molecule has 0 saturated heterocycles. The lowest BCUT2D eigenvalue weighted by atomic mass is 9.53. The number of amides is 1. The Kier molecular flexibility index (Phi) is 4.48. The molecule has 148 valence electrons. The van der Waals surface area contributed by atoms with Gasteiger partial charge in [-0.25, -0.2) is 4.98 Å². The third kappa shape index (κ3) is 3.25. The second-order valence-corrected chi connectivity index (χ2v) is 9.87. The zero-order valence-corrected chi connectivity index (χ0v) is 17.4. The van der Waals surface area contributed by atoms with E-state index in [0.29, 0.717) is 21.3 Å². The van der Waals surface area contributed by atoms with Crippen molar-refractivity contribution < 1.29 is 9.53 Å². The lowest BCUT2D eigenvalue weighted by molar-refractivity contribution is -0.128. The molecular formula is C22H24Cl2N2O2. The Morgan fingerprint density at radius 2 is 1.79 bits per heavy atom. The minimum atomic E-state index is -0.0752. The molecular weight excluding hydrogens is 395 g/mol. The molecule has 4 saturated carbocycles. The van der Waals surface area contributed by atoms with Gasteiger partial charge >= 0.3 is 0 Å². The number of aromatic nitrogens is 1. The summed E-state index contributed by atoms with van der Waals surface area (Å²) < 4.78 is 5.87. The highest BCUT2D eigenvalue weighted by atomic mass is 35.5. The van der Waals surface area contributed by atoms with E-state index in [0.717, 1.165) is 48.1 Å². The summed E-state index contributed by atoms with van der Waals surface area (Å²) in [6, 6.07) is 5.44. The second-order valence-electron chi connectivity index (χ2n) is 9.05. The number of carbonyl (C=O) groups excluding carboxylic acids is 1. The first-order valence-corrected chi connectivity index (χ1v) is 10.9. The number of fused-ring (bicyclic) bond motifs is 1. The summed E-state index contributed by atoms with van der Waals surface area (Å²) in [4.78, 5) is 17.3. The van der Waals surface area contributed by atoms with E-state index >= 15 is 0 Å². The van der Waals surface area contributed by atoms with Crippen LogP contribution in [0.25, 0.3) is 10.9 Å². The van der Waals surface area contributed by atoms with Gasteiger partial charge in [0.05, 0.1) is 10.0 Å². The molecule has 1 N–H and O–H groups in total. The molecule has 4 fully saturated rings. The predicted molar refractivity (Wildman–Crippen MR) is 111 cm³/mol. The molecule has 1 heterocycles. The third-order valence-electron chi connectivity index (χ3n) is 6.77. The van der Waals surface area contributed by atoms with Gasteiger partial charge in [-0.15, -0.1) is 0 Å². The summed E-state index contributed by atoms with van der Waals surface area (Å²) >= 11 is 12.7. The van der Waals surface area contributed by atoms with Crippen molar-refractivity contribution in [2.24, 2.45) is 17.8 Å². The van der Waals surface area contributed by atoms with Crippen molar-refractivity contribution in [3.05, 3.63) is 33.9 Å². The minimum absolute atomic E-state index is 0.0180. The summed E-state index contributed by atoms with van der Waals surface area (Å²) in [5.41, 5.74) is 1.42. The topological polar surface area (TPSA) is 51.2 Å². The molecule has 2 aromatic rings. The van der Waals surface area contributed by atoms with E-state index in [1.54, 1.807) is 6.07 Å². The number of nitrogens with one attached hydrogen (secondary N) is 1. The third-order valence-corrected chi connectivity index (χ3v) is 7.36. The Balaban J connectivity index is 1.33. The number of hydrogen-bond acceptors (Lipinski definition) is 3. The zero-order valence-electron chi connectivity index (χ0n) is 15.9. The maximum atomic E-state index is 12.8. The van der Waals surface area contributed by atoms with E-state index in [-0.39, 0.29) is 18.1 Å². The van der Waals surface area contributed by atoms with Crippen molar-refractivity contribution in [3.63, 3.8) is 0 Å². The highest BCUT2D eigenvalue weighted by Gasteiger charge is 2.51. The monoisotopic (exact) mass is 418 g/mol. The summed E-state index contributed by atoms with van der Waals surface area (Å²) in [6.07, 6.45) is 7.41. The van der Waals surface area contributed by atoms with Crippen LogP contribution in [0.5, 0.6) is 5.75 Å². The number of hydrogen-bond donors (Lipinski definition) is 1. The van der Waals surface area contributed by atoms with E-state index in [1.165, 1.54) is 19.3 Å². The molecule has 0 unspecified atom stereocenters. The summed E-state index contributed by atoms with van der Waals surface area (Å²) in [7, 11) is 0. The molecule has 4 aliphatic rings. The molecule has 0 spiro atoms. The number of ether oxygens (including phenoxy) is 1. The van der Waals surface area contributed by atoms with Crippen molar-refractivity contribution in [1.82, 2.24) is 10.3 Å². The van der Waals surface area contributed by atoms with Gasteiger partial charge in [-0.2, -0.15) is 0 Å². The minimum Gasteiger partial charge on any atom is -0.480 e. The number of carbonyl (C=O) groups is 1. The number of pyridine rings is 1. The van der Waals surface area contributed by atoms with E-state index in [1.807, 2.05) is 19.1 Å². The van der Waals surface area contributed by atoms with Gasteiger partial charge in [0.1, 0.15) is 5.52 Å². The first kappa shape index (κ1) is 18.5. The van der Waals surface area contributed by atoms with E-state index in [2.05, 4.69) is 10.3 Å². The van der Waals surface area contributed by atoms with Gasteiger partial charge in [0.2, 0.25) is 0 Å². The first-order valence-electron chi connectivity index (χ1n) is 10.1. The van der Waals surface area contributed by atoms with Crippen LogP contribution in [0.1, 0.15) is 44.2 Å².